The minimum atomic E-state index is 0.0143. The van der Waals surface area contributed by atoms with Gasteiger partial charge in [-0.05, 0) is 69.2 Å². The van der Waals surface area contributed by atoms with Crippen LogP contribution in [0.4, 0.5) is 34.1 Å². The van der Waals surface area contributed by atoms with Gasteiger partial charge in [-0.15, -0.1) is 0 Å². The second-order valence-corrected chi connectivity index (χ2v) is 12.0. The molecule has 6 aromatic carbocycles. The van der Waals surface area contributed by atoms with E-state index in [1.807, 2.05) is 6.07 Å². The number of ether oxygens (including phenoxy) is 3. The second-order valence-electron chi connectivity index (χ2n) is 12.0. The summed E-state index contributed by atoms with van der Waals surface area (Å²) in [6.07, 6.45) is 0. The van der Waals surface area contributed by atoms with E-state index in [2.05, 4.69) is 113 Å². The average Bonchev–Trinajstić information content (AvgIpc) is 3.06. The standard InChI is InChI=1S/C36H18B2N2O3/c1-4-13-25-19(8-1)37-21-10-7-12-24-33(21)40-34-22(16-17-28-35(34)39(24)23-11-3-6-15-27(23)43-28)38-20-9-2-5-14-26(20)42-30-18-29(41-25)31(37)36(40)32(30)38/h1-18H. The van der Waals surface area contributed by atoms with Crippen molar-refractivity contribution in [1.82, 2.24) is 0 Å². The molecule has 0 atom stereocenters. The highest BCUT2D eigenvalue weighted by Crippen LogP contribution is 2.62. The first kappa shape index (κ1) is 21.2. The van der Waals surface area contributed by atoms with Crippen molar-refractivity contribution in [2.45, 2.75) is 0 Å². The lowest BCUT2D eigenvalue weighted by atomic mass is 9.29. The molecule has 0 radical (unpaired) electrons. The summed E-state index contributed by atoms with van der Waals surface area (Å²) in [5, 5.41) is 0. The lowest BCUT2D eigenvalue weighted by Crippen LogP contribution is -2.67. The quantitative estimate of drug-likeness (QED) is 0.252. The molecular formula is C36H18B2N2O3. The average molecular weight is 548 g/mol. The molecule has 7 heteroatoms. The van der Waals surface area contributed by atoms with Crippen LogP contribution in [0, 0.1) is 0 Å². The van der Waals surface area contributed by atoms with Gasteiger partial charge < -0.3 is 19.1 Å². The zero-order chi connectivity index (χ0) is 27.6. The fourth-order valence-electron chi connectivity index (χ4n) is 8.54. The number of fused-ring (bicyclic) bond motifs is 9. The maximum Gasteiger partial charge on any atom is 0.256 e. The van der Waals surface area contributed by atoms with Gasteiger partial charge in [0.2, 0.25) is 0 Å². The first-order chi connectivity index (χ1) is 21.3. The van der Waals surface area contributed by atoms with E-state index in [0.29, 0.717) is 0 Å². The molecule has 0 aromatic heterocycles. The molecule has 0 unspecified atom stereocenters. The smallest absolute Gasteiger partial charge is 0.256 e. The highest BCUT2D eigenvalue weighted by molar-refractivity contribution is 7.04. The van der Waals surface area contributed by atoms with E-state index in [1.165, 1.54) is 49.8 Å². The van der Waals surface area contributed by atoms with Crippen molar-refractivity contribution in [1.29, 1.82) is 0 Å². The molecule has 0 saturated carbocycles. The van der Waals surface area contributed by atoms with Gasteiger partial charge in [0.05, 0.1) is 22.7 Å². The number of hydrogen-bond acceptors (Lipinski definition) is 5. The number of para-hydroxylation sites is 5. The molecule has 196 valence electrons. The van der Waals surface area contributed by atoms with E-state index < -0.39 is 0 Å². The SMILES string of the molecule is c1ccc2c(c1)Oc1cc3c4c5c1B2c1cccc2c1N5c1c(ccc5c1N2c1ccccc1O5)B4c1ccccc1O3. The third-order valence-electron chi connectivity index (χ3n) is 10.1. The van der Waals surface area contributed by atoms with Crippen LogP contribution in [-0.2, 0) is 0 Å². The first-order valence-corrected chi connectivity index (χ1v) is 14.8. The Hall–Kier alpha value is -5.55. The van der Waals surface area contributed by atoms with Crippen molar-refractivity contribution in [3.8, 4) is 34.5 Å². The third-order valence-corrected chi connectivity index (χ3v) is 10.1. The molecular weight excluding hydrogens is 530 g/mol. The summed E-state index contributed by atoms with van der Waals surface area (Å²) in [6.45, 7) is 0.0484. The van der Waals surface area contributed by atoms with E-state index in [1.54, 1.807) is 0 Å². The van der Waals surface area contributed by atoms with Crippen LogP contribution in [0.15, 0.2) is 109 Å². The Morgan fingerprint density at radius 1 is 0.372 bits per heavy atom. The van der Waals surface area contributed by atoms with Crippen molar-refractivity contribution in [3.05, 3.63) is 109 Å². The summed E-state index contributed by atoms with van der Waals surface area (Å²) < 4.78 is 20.1. The lowest BCUT2D eigenvalue weighted by Gasteiger charge is -2.52. The number of benzene rings is 6. The Morgan fingerprint density at radius 2 is 0.953 bits per heavy atom. The fraction of sp³-hybridized carbons (Fsp3) is 0. The fourth-order valence-corrected chi connectivity index (χ4v) is 8.54. The van der Waals surface area contributed by atoms with E-state index in [0.717, 1.165) is 51.6 Å². The van der Waals surface area contributed by atoms with Crippen LogP contribution in [0.1, 0.15) is 0 Å². The molecule has 12 rings (SSSR count). The Balaban J connectivity index is 1.30. The summed E-state index contributed by atoms with van der Waals surface area (Å²) >= 11 is 0. The molecule has 6 aliphatic heterocycles. The highest BCUT2D eigenvalue weighted by Gasteiger charge is 2.54. The zero-order valence-electron chi connectivity index (χ0n) is 22.7. The topological polar surface area (TPSA) is 34.2 Å². The molecule has 0 saturated heterocycles. The van der Waals surface area contributed by atoms with Gasteiger partial charge in [0, 0.05) is 11.8 Å². The molecule has 5 nitrogen and oxygen atoms in total. The molecule has 6 aromatic rings. The Kier molecular flexibility index (Phi) is 3.40. The van der Waals surface area contributed by atoms with Gasteiger partial charge in [0.1, 0.15) is 28.7 Å². The molecule has 0 N–H and O–H groups in total. The molecule has 6 aliphatic rings. The van der Waals surface area contributed by atoms with Gasteiger partial charge in [-0.3, -0.25) is 4.90 Å². The summed E-state index contributed by atoms with van der Waals surface area (Å²) in [6, 6.07) is 38.6. The summed E-state index contributed by atoms with van der Waals surface area (Å²) in [4.78, 5) is 4.94. The van der Waals surface area contributed by atoms with Crippen LogP contribution in [0.2, 0.25) is 0 Å². The van der Waals surface area contributed by atoms with Gasteiger partial charge in [0.25, 0.3) is 13.4 Å². The predicted octanol–water partition coefficient (Wildman–Crippen LogP) is 4.92. The maximum atomic E-state index is 6.72. The predicted molar refractivity (Wildman–Crippen MR) is 172 cm³/mol. The molecule has 0 aliphatic carbocycles. The summed E-state index contributed by atoms with van der Waals surface area (Å²) in [7, 11) is 0. The van der Waals surface area contributed by atoms with Crippen LogP contribution in [-0.4, -0.2) is 13.4 Å². The highest BCUT2D eigenvalue weighted by atomic mass is 16.5. The van der Waals surface area contributed by atoms with Crippen molar-refractivity contribution >= 4 is 80.3 Å². The maximum absolute atomic E-state index is 6.72. The van der Waals surface area contributed by atoms with Crippen LogP contribution < -0.4 is 56.8 Å². The van der Waals surface area contributed by atoms with Crippen molar-refractivity contribution in [3.63, 3.8) is 0 Å². The minimum absolute atomic E-state index is 0.0143. The van der Waals surface area contributed by atoms with Crippen LogP contribution >= 0.6 is 0 Å². The van der Waals surface area contributed by atoms with Crippen molar-refractivity contribution in [2.75, 3.05) is 9.80 Å². The van der Waals surface area contributed by atoms with Gasteiger partial charge in [-0.1, -0.05) is 66.7 Å². The molecule has 0 amide bonds. The third kappa shape index (κ3) is 2.26. The zero-order valence-corrected chi connectivity index (χ0v) is 22.7. The van der Waals surface area contributed by atoms with Crippen LogP contribution in [0.25, 0.3) is 0 Å². The molecule has 0 spiro atoms. The Labute approximate surface area is 247 Å². The van der Waals surface area contributed by atoms with Gasteiger partial charge in [0.15, 0.2) is 11.5 Å². The number of rotatable bonds is 0. The first-order valence-electron chi connectivity index (χ1n) is 14.8. The monoisotopic (exact) mass is 548 g/mol. The minimum Gasteiger partial charge on any atom is -0.458 e. The largest absolute Gasteiger partial charge is 0.458 e. The number of nitrogens with zero attached hydrogens (tertiary/aromatic N) is 2. The molecule has 0 fully saturated rings. The summed E-state index contributed by atoms with van der Waals surface area (Å²) in [5.41, 5.74) is 14.2. The summed E-state index contributed by atoms with van der Waals surface area (Å²) in [5.74, 6) is 5.26. The lowest BCUT2D eigenvalue weighted by molar-refractivity contribution is 0.465. The van der Waals surface area contributed by atoms with E-state index >= 15 is 0 Å². The number of anilines is 6. The van der Waals surface area contributed by atoms with E-state index in [-0.39, 0.29) is 13.4 Å². The second kappa shape index (κ2) is 6.90. The molecule has 43 heavy (non-hydrogen) atoms. The van der Waals surface area contributed by atoms with Gasteiger partial charge >= 0.3 is 0 Å². The Morgan fingerprint density at radius 3 is 1.70 bits per heavy atom. The van der Waals surface area contributed by atoms with Crippen molar-refractivity contribution < 1.29 is 14.2 Å². The van der Waals surface area contributed by atoms with Crippen LogP contribution in [0.5, 0.6) is 34.5 Å². The van der Waals surface area contributed by atoms with Crippen LogP contribution in [0.3, 0.4) is 0 Å². The van der Waals surface area contributed by atoms with Crippen molar-refractivity contribution in [2.24, 2.45) is 0 Å². The number of hydrogen-bond donors (Lipinski definition) is 0. The van der Waals surface area contributed by atoms with Gasteiger partial charge in [-0.2, -0.15) is 0 Å². The van der Waals surface area contributed by atoms with E-state index in [4.69, 9.17) is 14.2 Å². The molecule has 6 heterocycles. The van der Waals surface area contributed by atoms with Gasteiger partial charge in [-0.25, -0.2) is 0 Å². The normalized spacial score (nSPS) is 15.3. The van der Waals surface area contributed by atoms with E-state index in [9.17, 15) is 0 Å². The Bertz CT molecular complexity index is 2300. The molecule has 0 bridgehead atoms.